The number of rotatable bonds is 5. The second-order valence-corrected chi connectivity index (χ2v) is 5.87. The smallest absolute Gasteiger partial charge is 0.264 e. The molecule has 3 nitrogen and oxygen atoms in total. The lowest BCUT2D eigenvalue weighted by atomic mass is 10.2. The van der Waals surface area contributed by atoms with Crippen molar-refractivity contribution in [2.45, 2.75) is 20.4 Å². The van der Waals surface area contributed by atoms with E-state index in [0.29, 0.717) is 16.9 Å². The molecule has 0 amide bonds. The molecule has 0 aliphatic rings. The molecular formula is C11H16Br2N2O. The quantitative estimate of drug-likeness (QED) is 0.827. The van der Waals surface area contributed by atoms with Crippen LogP contribution < -0.4 is 10.9 Å². The van der Waals surface area contributed by atoms with Gasteiger partial charge in [0.15, 0.2) is 0 Å². The second kappa shape index (κ2) is 6.57. The van der Waals surface area contributed by atoms with Crippen LogP contribution in [0.2, 0.25) is 0 Å². The maximum Gasteiger partial charge on any atom is 0.264 e. The first-order chi connectivity index (χ1) is 7.50. The summed E-state index contributed by atoms with van der Waals surface area (Å²) in [4.78, 5) is 11.7. The minimum Gasteiger partial charge on any atom is -0.315 e. The Labute approximate surface area is 112 Å². The molecule has 0 atom stereocenters. The fraction of sp³-hybridized carbons (Fsp3) is 0.545. The number of hydrogen-bond donors (Lipinski definition) is 1. The Balaban J connectivity index is 2.57. The maximum absolute atomic E-state index is 11.7. The molecule has 0 fully saturated rings. The van der Waals surface area contributed by atoms with Gasteiger partial charge in [0.1, 0.15) is 0 Å². The maximum atomic E-state index is 11.7. The van der Waals surface area contributed by atoms with E-state index in [0.717, 1.165) is 17.6 Å². The third kappa shape index (κ3) is 4.39. The number of hydrogen-bond acceptors (Lipinski definition) is 2. The van der Waals surface area contributed by atoms with Crippen LogP contribution in [0.15, 0.2) is 26.0 Å². The van der Waals surface area contributed by atoms with E-state index >= 15 is 0 Å². The standard InChI is InChI=1S/C11H16Br2N2O/c1-8(2)6-14-3-4-15-7-9(12)5-10(13)11(15)16/h5,7-8,14H,3-4,6H2,1-2H3. The van der Waals surface area contributed by atoms with E-state index < -0.39 is 0 Å². The van der Waals surface area contributed by atoms with Gasteiger partial charge in [-0.25, -0.2) is 0 Å². The molecule has 1 heterocycles. The molecule has 0 saturated carbocycles. The highest BCUT2D eigenvalue weighted by molar-refractivity contribution is 9.11. The average Bonchev–Trinajstić information content (AvgIpc) is 2.19. The highest BCUT2D eigenvalue weighted by atomic mass is 79.9. The molecule has 1 aromatic heterocycles. The van der Waals surface area contributed by atoms with Gasteiger partial charge in [0.25, 0.3) is 5.56 Å². The Morgan fingerprint density at radius 2 is 2.12 bits per heavy atom. The first kappa shape index (κ1) is 13.9. The van der Waals surface area contributed by atoms with Crippen LogP contribution >= 0.6 is 31.9 Å². The van der Waals surface area contributed by atoms with E-state index in [1.54, 1.807) is 10.6 Å². The lowest BCUT2D eigenvalue weighted by Crippen LogP contribution is -2.29. The zero-order valence-electron chi connectivity index (χ0n) is 9.46. The molecule has 1 rings (SSSR count). The summed E-state index contributed by atoms with van der Waals surface area (Å²) in [5.74, 6) is 0.631. The summed E-state index contributed by atoms with van der Waals surface area (Å²) in [7, 11) is 0. The van der Waals surface area contributed by atoms with Gasteiger partial charge >= 0.3 is 0 Å². The van der Waals surface area contributed by atoms with Crippen LogP contribution in [0.3, 0.4) is 0 Å². The molecule has 90 valence electrons. The number of nitrogens with one attached hydrogen (secondary N) is 1. The van der Waals surface area contributed by atoms with Crippen LogP contribution in [-0.4, -0.2) is 17.7 Å². The molecule has 0 unspecified atom stereocenters. The fourth-order valence-corrected chi connectivity index (χ4v) is 2.58. The minimum atomic E-state index is 0.00884. The SMILES string of the molecule is CC(C)CNCCn1cc(Br)cc(Br)c1=O. The van der Waals surface area contributed by atoms with Gasteiger partial charge in [0.05, 0.1) is 4.47 Å². The van der Waals surface area contributed by atoms with Gasteiger partial charge in [-0.3, -0.25) is 4.79 Å². The van der Waals surface area contributed by atoms with Gasteiger partial charge in [-0.15, -0.1) is 0 Å². The van der Waals surface area contributed by atoms with Crippen molar-refractivity contribution >= 4 is 31.9 Å². The van der Waals surface area contributed by atoms with Crippen LogP contribution in [0.4, 0.5) is 0 Å². The normalized spacial score (nSPS) is 11.1. The molecule has 0 aliphatic carbocycles. The topological polar surface area (TPSA) is 34.0 Å². The van der Waals surface area contributed by atoms with Gasteiger partial charge in [-0.1, -0.05) is 13.8 Å². The second-order valence-electron chi connectivity index (χ2n) is 4.10. The molecule has 0 aromatic carbocycles. The van der Waals surface area contributed by atoms with Gasteiger partial charge in [0, 0.05) is 23.8 Å². The first-order valence-electron chi connectivity index (χ1n) is 5.27. The Kier molecular flexibility index (Phi) is 5.72. The highest BCUT2D eigenvalue weighted by Gasteiger charge is 2.02. The zero-order valence-corrected chi connectivity index (χ0v) is 12.6. The van der Waals surface area contributed by atoms with Crippen LogP contribution in [0, 0.1) is 5.92 Å². The van der Waals surface area contributed by atoms with Crippen LogP contribution in [-0.2, 0) is 6.54 Å². The molecule has 0 spiro atoms. The minimum absolute atomic E-state index is 0.00884. The van der Waals surface area contributed by atoms with E-state index in [2.05, 4.69) is 51.0 Å². The summed E-state index contributed by atoms with van der Waals surface area (Å²) in [5, 5.41) is 3.31. The van der Waals surface area contributed by atoms with Gasteiger partial charge in [-0.05, 0) is 50.4 Å². The third-order valence-electron chi connectivity index (χ3n) is 2.09. The Hall–Kier alpha value is -0.130. The number of halogens is 2. The number of pyridine rings is 1. The van der Waals surface area contributed by atoms with Gasteiger partial charge in [-0.2, -0.15) is 0 Å². The summed E-state index contributed by atoms with van der Waals surface area (Å²) in [5.41, 5.74) is 0.00884. The summed E-state index contributed by atoms with van der Waals surface area (Å²) in [6.45, 7) is 6.79. The average molecular weight is 352 g/mol. The predicted octanol–water partition coefficient (Wildman–Crippen LogP) is 2.62. The van der Waals surface area contributed by atoms with Crippen molar-refractivity contribution in [1.82, 2.24) is 9.88 Å². The summed E-state index contributed by atoms with van der Waals surface area (Å²) in [6.07, 6.45) is 1.81. The molecule has 1 N–H and O–H groups in total. The van der Waals surface area contributed by atoms with E-state index in [-0.39, 0.29) is 5.56 Å². The van der Waals surface area contributed by atoms with Crippen molar-refractivity contribution in [1.29, 1.82) is 0 Å². The van der Waals surface area contributed by atoms with Gasteiger partial charge < -0.3 is 9.88 Å². The van der Waals surface area contributed by atoms with E-state index in [1.807, 2.05) is 6.20 Å². The largest absolute Gasteiger partial charge is 0.315 e. The van der Waals surface area contributed by atoms with Crippen molar-refractivity contribution in [3.8, 4) is 0 Å². The predicted molar refractivity (Wildman–Crippen MR) is 73.8 cm³/mol. The van der Waals surface area contributed by atoms with Crippen molar-refractivity contribution in [3.05, 3.63) is 31.6 Å². The van der Waals surface area contributed by atoms with Gasteiger partial charge in [0.2, 0.25) is 0 Å². The Bertz CT molecular complexity index is 401. The molecular weight excluding hydrogens is 336 g/mol. The molecule has 1 aromatic rings. The molecule has 0 radical (unpaired) electrons. The zero-order chi connectivity index (χ0) is 12.1. The van der Waals surface area contributed by atoms with Crippen molar-refractivity contribution in [2.75, 3.05) is 13.1 Å². The monoisotopic (exact) mass is 350 g/mol. The highest BCUT2D eigenvalue weighted by Crippen LogP contribution is 2.12. The number of nitrogens with zero attached hydrogens (tertiary/aromatic N) is 1. The Morgan fingerprint density at radius 3 is 2.75 bits per heavy atom. The Morgan fingerprint density at radius 1 is 1.44 bits per heavy atom. The summed E-state index contributed by atoms with van der Waals surface area (Å²) < 4.78 is 3.19. The molecule has 16 heavy (non-hydrogen) atoms. The van der Waals surface area contributed by atoms with Crippen LogP contribution in [0.5, 0.6) is 0 Å². The van der Waals surface area contributed by atoms with Crippen molar-refractivity contribution < 1.29 is 0 Å². The number of aromatic nitrogens is 1. The fourth-order valence-electron chi connectivity index (χ4n) is 1.32. The van der Waals surface area contributed by atoms with Crippen molar-refractivity contribution in [2.24, 2.45) is 5.92 Å². The van der Waals surface area contributed by atoms with E-state index in [9.17, 15) is 4.79 Å². The third-order valence-corrected chi connectivity index (χ3v) is 3.09. The van der Waals surface area contributed by atoms with E-state index in [1.165, 1.54) is 0 Å². The van der Waals surface area contributed by atoms with Crippen LogP contribution in [0.25, 0.3) is 0 Å². The lowest BCUT2D eigenvalue weighted by molar-refractivity contribution is 0.519. The van der Waals surface area contributed by atoms with E-state index in [4.69, 9.17) is 0 Å². The molecule has 0 saturated heterocycles. The molecule has 5 heteroatoms. The summed E-state index contributed by atoms with van der Waals surface area (Å²) >= 11 is 6.61. The first-order valence-corrected chi connectivity index (χ1v) is 6.85. The van der Waals surface area contributed by atoms with Crippen LogP contribution in [0.1, 0.15) is 13.8 Å². The molecule has 0 aliphatic heterocycles. The van der Waals surface area contributed by atoms with Crippen molar-refractivity contribution in [3.63, 3.8) is 0 Å². The lowest BCUT2D eigenvalue weighted by Gasteiger charge is -2.09. The summed E-state index contributed by atoms with van der Waals surface area (Å²) in [6, 6.07) is 1.76. The molecule has 0 bridgehead atoms.